The Morgan fingerprint density at radius 1 is 1.53 bits per heavy atom. The summed E-state index contributed by atoms with van der Waals surface area (Å²) in [6.45, 7) is 3.07. The summed E-state index contributed by atoms with van der Waals surface area (Å²) >= 11 is 1.73. The number of hydrogen-bond donors (Lipinski definition) is 1. The van der Waals surface area contributed by atoms with E-state index in [2.05, 4.69) is 34.2 Å². The molecule has 2 aromatic heterocycles. The van der Waals surface area contributed by atoms with E-state index >= 15 is 0 Å². The molecule has 0 fully saturated rings. The summed E-state index contributed by atoms with van der Waals surface area (Å²) < 4.78 is 1.91. The first-order valence-electron chi connectivity index (χ1n) is 4.99. The maximum atomic E-state index is 4.16. The van der Waals surface area contributed by atoms with Crippen LogP contribution < -0.4 is 5.32 Å². The van der Waals surface area contributed by atoms with E-state index in [1.54, 1.807) is 11.3 Å². The molecule has 80 valence electrons. The van der Waals surface area contributed by atoms with Gasteiger partial charge in [-0.2, -0.15) is 16.4 Å². The first kappa shape index (κ1) is 10.4. The quantitative estimate of drug-likeness (QED) is 0.858. The molecule has 0 bridgehead atoms. The van der Waals surface area contributed by atoms with Crippen LogP contribution in [0, 0.1) is 0 Å². The van der Waals surface area contributed by atoms with Crippen molar-refractivity contribution in [2.45, 2.75) is 19.5 Å². The van der Waals surface area contributed by atoms with E-state index in [-0.39, 0.29) is 0 Å². The Bertz CT molecular complexity index is 405. The zero-order valence-corrected chi connectivity index (χ0v) is 9.79. The van der Waals surface area contributed by atoms with Gasteiger partial charge >= 0.3 is 0 Å². The second-order valence-electron chi connectivity index (χ2n) is 3.61. The zero-order valence-electron chi connectivity index (χ0n) is 8.97. The van der Waals surface area contributed by atoms with Crippen molar-refractivity contribution in [2.24, 2.45) is 7.05 Å². The number of aromatic nitrogens is 2. The fourth-order valence-electron chi connectivity index (χ4n) is 1.58. The van der Waals surface area contributed by atoms with Gasteiger partial charge in [-0.05, 0) is 35.4 Å². The molecule has 2 rings (SSSR count). The third-order valence-electron chi connectivity index (χ3n) is 2.49. The highest BCUT2D eigenvalue weighted by atomic mass is 32.1. The predicted molar refractivity (Wildman–Crippen MR) is 62.8 cm³/mol. The second-order valence-corrected chi connectivity index (χ2v) is 4.39. The van der Waals surface area contributed by atoms with E-state index in [0.29, 0.717) is 6.04 Å². The molecule has 0 radical (unpaired) electrons. The number of aryl methyl sites for hydroxylation is 1. The molecule has 15 heavy (non-hydrogen) atoms. The lowest BCUT2D eigenvalue weighted by Gasteiger charge is -2.13. The van der Waals surface area contributed by atoms with Gasteiger partial charge < -0.3 is 5.32 Å². The van der Waals surface area contributed by atoms with E-state index in [1.165, 1.54) is 11.3 Å². The summed E-state index contributed by atoms with van der Waals surface area (Å²) in [7, 11) is 1.97. The van der Waals surface area contributed by atoms with Crippen LogP contribution in [-0.2, 0) is 13.6 Å². The number of thiophene rings is 1. The van der Waals surface area contributed by atoms with Crippen LogP contribution in [0.4, 0.5) is 0 Å². The highest BCUT2D eigenvalue weighted by molar-refractivity contribution is 7.07. The van der Waals surface area contributed by atoms with Crippen LogP contribution >= 0.6 is 11.3 Å². The summed E-state index contributed by atoms with van der Waals surface area (Å²) in [5, 5.41) is 11.9. The lowest BCUT2D eigenvalue weighted by Crippen LogP contribution is -2.20. The predicted octanol–water partition coefficient (Wildman–Crippen LogP) is 2.33. The van der Waals surface area contributed by atoms with Crippen molar-refractivity contribution >= 4 is 11.3 Å². The lowest BCUT2D eigenvalue weighted by atomic mass is 10.2. The number of rotatable bonds is 4. The molecule has 3 nitrogen and oxygen atoms in total. The molecule has 1 atom stereocenters. The van der Waals surface area contributed by atoms with E-state index in [4.69, 9.17) is 0 Å². The smallest absolute Gasteiger partial charge is 0.0547 e. The van der Waals surface area contributed by atoms with Gasteiger partial charge in [-0.25, -0.2) is 0 Å². The molecular formula is C11H15N3S. The summed E-state index contributed by atoms with van der Waals surface area (Å²) in [6.07, 6.45) is 1.83. The van der Waals surface area contributed by atoms with Crippen molar-refractivity contribution in [1.82, 2.24) is 15.1 Å². The molecule has 2 aromatic rings. The summed E-state index contributed by atoms with van der Waals surface area (Å²) in [4.78, 5) is 0. The molecule has 0 aliphatic rings. The maximum absolute atomic E-state index is 4.16. The Hall–Kier alpha value is -1.13. The van der Waals surface area contributed by atoms with Crippen LogP contribution in [0.15, 0.2) is 29.1 Å². The molecule has 1 N–H and O–H groups in total. The topological polar surface area (TPSA) is 29.9 Å². The van der Waals surface area contributed by atoms with Gasteiger partial charge in [0.05, 0.1) is 5.69 Å². The molecule has 0 saturated carbocycles. The number of nitrogens with one attached hydrogen (secondary N) is 1. The Kier molecular flexibility index (Phi) is 3.18. The Morgan fingerprint density at radius 2 is 2.40 bits per heavy atom. The lowest BCUT2D eigenvalue weighted by molar-refractivity contribution is 0.530. The minimum Gasteiger partial charge on any atom is -0.305 e. The van der Waals surface area contributed by atoms with Crippen LogP contribution in [0.25, 0.3) is 0 Å². The standard InChI is InChI=1S/C11H15N3S/c1-9(11-3-5-13-14(11)2)12-7-10-4-6-15-8-10/h3-6,8-9,12H,7H2,1-2H3. The van der Waals surface area contributed by atoms with E-state index < -0.39 is 0 Å². The Balaban J connectivity index is 1.93. The normalized spacial score (nSPS) is 12.9. The van der Waals surface area contributed by atoms with Crippen molar-refractivity contribution in [1.29, 1.82) is 0 Å². The molecule has 0 aliphatic carbocycles. The minimum absolute atomic E-state index is 0.331. The first-order valence-corrected chi connectivity index (χ1v) is 5.94. The molecule has 0 aliphatic heterocycles. The third-order valence-corrected chi connectivity index (χ3v) is 3.23. The first-order chi connectivity index (χ1) is 7.27. The van der Waals surface area contributed by atoms with Gasteiger partial charge in [-0.1, -0.05) is 0 Å². The van der Waals surface area contributed by atoms with Crippen molar-refractivity contribution in [3.05, 3.63) is 40.3 Å². The van der Waals surface area contributed by atoms with Crippen LogP contribution in [0.1, 0.15) is 24.2 Å². The Labute approximate surface area is 93.7 Å². The highest BCUT2D eigenvalue weighted by Crippen LogP contribution is 2.12. The molecular weight excluding hydrogens is 206 g/mol. The molecule has 0 aromatic carbocycles. The van der Waals surface area contributed by atoms with Gasteiger partial charge in [-0.3, -0.25) is 4.68 Å². The molecule has 1 unspecified atom stereocenters. The van der Waals surface area contributed by atoms with Crippen molar-refractivity contribution < 1.29 is 0 Å². The minimum atomic E-state index is 0.331. The van der Waals surface area contributed by atoms with Crippen LogP contribution in [-0.4, -0.2) is 9.78 Å². The largest absolute Gasteiger partial charge is 0.305 e. The van der Waals surface area contributed by atoms with Crippen LogP contribution in [0.3, 0.4) is 0 Å². The molecule has 4 heteroatoms. The average Bonchev–Trinajstić information content (AvgIpc) is 2.84. The van der Waals surface area contributed by atoms with Gasteiger partial charge in [0.15, 0.2) is 0 Å². The average molecular weight is 221 g/mol. The fraction of sp³-hybridized carbons (Fsp3) is 0.364. The van der Waals surface area contributed by atoms with Crippen molar-refractivity contribution in [3.63, 3.8) is 0 Å². The number of nitrogens with zero attached hydrogens (tertiary/aromatic N) is 2. The molecule has 0 amide bonds. The van der Waals surface area contributed by atoms with Crippen molar-refractivity contribution in [3.8, 4) is 0 Å². The van der Waals surface area contributed by atoms with Gasteiger partial charge in [0, 0.05) is 25.8 Å². The van der Waals surface area contributed by atoms with E-state index in [9.17, 15) is 0 Å². The molecule has 0 saturated heterocycles. The Morgan fingerprint density at radius 3 is 3.00 bits per heavy atom. The summed E-state index contributed by atoms with van der Waals surface area (Å²) in [6, 6.07) is 4.52. The molecule has 2 heterocycles. The van der Waals surface area contributed by atoms with Gasteiger partial charge in [0.2, 0.25) is 0 Å². The summed E-state index contributed by atoms with van der Waals surface area (Å²) in [5.74, 6) is 0. The zero-order chi connectivity index (χ0) is 10.7. The monoisotopic (exact) mass is 221 g/mol. The van der Waals surface area contributed by atoms with Crippen LogP contribution in [0.5, 0.6) is 0 Å². The van der Waals surface area contributed by atoms with Gasteiger partial charge in [0.25, 0.3) is 0 Å². The summed E-state index contributed by atoms with van der Waals surface area (Å²) in [5.41, 5.74) is 2.55. The molecule has 0 spiro atoms. The van der Waals surface area contributed by atoms with E-state index in [0.717, 1.165) is 6.54 Å². The SMILES string of the molecule is CC(NCc1ccsc1)c1ccnn1C. The third kappa shape index (κ3) is 2.46. The maximum Gasteiger partial charge on any atom is 0.0547 e. The second kappa shape index (κ2) is 4.59. The fourth-order valence-corrected chi connectivity index (χ4v) is 2.25. The van der Waals surface area contributed by atoms with Gasteiger partial charge in [0.1, 0.15) is 0 Å². The van der Waals surface area contributed by atoms with Crippen LogP contribution in [0.2, 0.25) is 0 Å². The van der Waals surface area contributed by atoms with Gasteiger partial charge in [-0.15, -0.1) is 0 Å². The van der Waals surface area contributed by atoms with E-state index in [1.807, 2.05) is 24.0 Å². The number of hydrogen-bond acceptors (Lipinski definition) is 3. The highest BCUT2D eigenvalue weighted by Gasteiger charge is 2.08. The van der Waals surface area contributed by atoms with Crippen molar-refractivity contribution in [2.75, 3.05) is 0 Å².